The molecule has 0 spiro atoms. The molecule has 0 amide bonds. The molecule has 20 heavy (non-hydrogen) atoms. The van der Waals surface area contributed by atoms with Crippen molar-refractivity contribution >= 4 is 11.8 Å². The number of thioether (sulfide) groups is 1. The van der Waals surface area contributed by atoms with Gasteiger partial charge in [-0.3, -0.25) is 4.68 Å². The van der Waals surface area contributed by atoms with Gasteiger partial charge in [-0.2, -0.15) is 5.10 Å². The van der Waals surface area contributed by atoms with Crippen molar-refractivity contribution < 1.29 is 0 Å². The maximum Gasteiger partial charge on any atom is 0.0534 e. The third kappa shape index (κ3) is 3.25. The maximum atomic E-state index is 4.48. The summed E-state index contributed by atoms with van der Waals surface area (Å²) in [5.74, 6) is 0. The Labute approximate surface area is 124 Å². The fraction of sp³-hybridized carbons (Fsp3) is 0.438. The molecule has 1 unspecified atom stereocenters. The highest BCUT2D eigenvalue weighted by Crippen LogP contribution is 2.37. The Balaban J connectivity index is 1.55. The SMILES string of the molecule is CCCNCc1cnn(CC2Cc3ccccc3S2)c1. The van der Waals surface area contributed by atoms with Gasteiger partial charge in [0.25, 0.3) is 0 Å². The van der Waals surface area contributed by atoms with Crippen LogP contribution in [0.25, 0.3) is 0 Å². The molecule has 0 saturated heterocycles. The average molecular weight is 287 g/mol. The molecular formula is C16H21N3S. The lowest BCUT2D eigenvalue weighted by atomic mass is 10.1. The number of nitrogens with zero attached hydrogens (tertiary/aromatic N) is 2. The van der Waals surface area contributed by atoms with Gasteiger partial charge in [0.1, 0.15) is 0 Å². The summed E-state index contributed by atoms with van der Waals surface area (Å²) >= 11 is 1.99. The van der Waals surface area contributed by atoms with Crippen LogP contribution in [0.4, 0.5) is 0 Å². The Morgan fingerprint density at radius 1 is 1.40 bits per heavy atom. The van der Waals surface area contributed by atoms with E-state index in [0.717, 1.165) is 26.1 Å². The molecule has 0 saturated carbocycles. The molecule has 1 aromatic heterocycles. The second-order valence-corrected chi connectivity index (χ2v) is 6.64. The number of hydrogen-bond acceptors (Lipinski definition) is 3. The molecule has 1 N–H and O–H groups in total. The van der Waals surface area contributed by atoms with Crippen molar-refractivity contribution in [3.8, 4) is 0 Å². The topological polar surface area (TPSA) is 29.9 Å². The normalized spacial score (nSPS) is 17.4. The highest BCUT2D eigenvalue weighted by atomic mass is 32.2. The quantitative estimate of drug-likeness (QED) is 0.828. The van der Waals surface area contributed by atoms with Crippen LogP contribution in [0.3, 0.4) is 0 Å². The number of hydrogen-bond donors (Lipinski definition) is 1. The Hall–Kier alpha value is -1.26. The first-order chi connectivity index (χ1) is 9.85. The number of nitrogens with one attached hydrogen (secondary N) is 1. The van der Waals surface area contributed by atoms with Crippen molar-refractivity contribution in [2.75, 3.05) is 6.54 Å². The summed E-state index contributed by atoms with van der Waals surface area (Å²) in [5.41, 5.74) is 2.76. The molecule has 1 aliphatic heterocycles. The lowest BCUT2D eigenvalue weighted by Gasteiger charge is -2.08. The van der Waals surface area contributed by atoms with Gasteiger partial charge in [-0.1, -0.05) is 25.1 Å². The van der Waals surface area contributed by atoms with Crippen LogP contribution < -0.4 is 5.32 Å². The maximum absolute atomic E-state index is 4.48. The number of fused-ring (bicyclic) bond motifs is 1. The van der Waals surface area contributed by atoms with E-state index >= 15 is 0 Å². The third-order valence-electron chi connectivity index (χ3n) is 3.55. The van der Waals surface area contributed by atoms with E-state index in [1.165, 1.54) is 22.4 Å². The summed E-state index contributed by atoms with van der Waals surface area (Å²) in [7, 11) is 0. The minimum Gasteiger partial charge on any atom is -0.313 e. The van der Waals surface area contributed by atoms with Crippen molar-refractivity contribution in [3.05, 3.63) is 47.8 Å². The molecule has 3 nitrogen and oxygen atoms in total. The summed E-state index contributed by atoms with van der Waals surface area (Å²) in [6, 6.07) is 8.72. The lowest BCUT2D eigenvalue weighted by molar-refractivity contribution is 0.593. The minimum absolute atomic E-state index is 0.615. The van der Waals surface area contributed by atoms with E-state index < -0.39 is 0 Å². The van der Waals surface area contributed by atoms with E-state index in [-0.39, 0.29) is 0 Å². The summed E-state index contributed by atoms with van der Waals surface area (Å²) in [6.07, 6.45) is 6.48. The van der Waals surface area contributed by atoms with E-state index in [2.05, 4.69) is 52.5 Å². The van der Waals surface area contributed by atoms with E-state index in [0.29, 0.717) is 5.25 Å². The minimum atomic E-state index is 0.615. The second-order valence-electron chi connectivity index (χ2n) is 5.30. The Morgan fingerprint density at radius 2 is 2.30 bits per heavy atom. The third-order valence-corrected chi connectivity index (χ3v) is 4.85. The molecule has 1 aliphatic rings. The largest absolute Gasteiger partial charge is 0.313 e. The van der Waals surface area contributed by atoms with Crippen LogP contribution >= 0.6 is 11.8 Å². The summed E-state index contributed by atoms with van der Waals surface area (Å²) in [5, 5.41) is 8.51. The fourth-order valence-electron chi connectivity index (χ4n) is 2.57. The van der Waals surface area contributed by atoms with Crippen LogP contribution in [0.1, 0.15) is 24.5 Å². The monoisotopic (exact) mass is 287 g/mol. The van der Waals surface area contributed by atoms with Gasteiger partial charge < -0.3 is 5.32 Å². The van der Waals surface area contributed by atoms with Gasteiger partial charge >= 0.3 is 0 Å². The first-order valence-electron chi connectivity index (χ1n) is 7.31. The number of rotatable bonds is 6. The zero-order valence-electron chi connectivity index (χ0n) is 11.9. The van der Waals surface area contributed by atoms with Crippen molar-refractivity contribution in [1.82, 2.24) is 15.1 Å². The van der Waals surface area contributed by atoms with Crippen LogP contribution in [-0.2, 0) is 19.5 Å². The molecule has 4 heteroatoms. The molecule has 2 heterocycles. The highest BCUT2D eigenvalue weighted by Gasteiger charge is 2.22. The van der Waals surface area contributed by atoms with Crippen LogP contribution in [0.15, 0.2) is 41.6 Å². The van der Waals surface area contributed by atoms with Gasteiger partial charge in [-0.05, 0) is 31.0 Å². The molecule has 0 radical (unpaired) electrons. The van der Waals surface area contributed by atoms with E-state index in [1.54, 1.807) is 0 Å². The molecule has 1 aromatic carbocycles. The molecule has 0 bridgehead atoms. The molecule has 1 atom stereocenters. The van der Waals surface area contributed by atoms with Crippen LogP contribution in [-0.4, -0.2) is 21.6 Å². The molecule has 0 aliphatic carbocycles. The molecular weight excluding hydrogens is 266 g/mol. The molecule has 3 rings (SSSR count). The molecule has 106 valence electrons. The van der Waals surface area contributed by atoms with E-state index in [1.807, 2.05) is 18.0 Å². The van der Waals surface area contributed by atoms with Gasteiger partial charge in [0.2, 0.25) is 0 Å². The van der Waals surface area contributed by atoms with Gasteiger partial charge in [0, 0.05) is 28.5 Å². The van der Waals surface area contributed by atoms with Gasteiger partial charge in [0.15, 0.2) is 0 Å². The van der Waals surface area contributed by atoms with Crippen molar-refractivity contribution in [3.63, 3.8) is 0 Å². The van der Waals surface area contributed by atoms with Crippen molar-refractivity contribution in [2.24, 2.45) is 0 Å². The summed E-state index contributed by atoms with van der Waals surface area (Å²) in [4.78, 5) is 1.44. The molecule has 0 fully saturated rings. The number of benzene rings is 1. The Kier molecular flexibility index (Phi) is 4.43. The van der Waals surface area contributed by atoms with Gasteiger partial charge in [-0.25, -0.2) is 0 Å². The van der Waals surface area contributed by atoms with Crippen LogP contribution in [0.2, 0.25) is 0 Å². The van der Waals surface area contributed by atoms with E-state index in [4.69, 9.17) is 0 Å². The van der Waals surface area contributed by atoms with Crippen molar-refractivity contribution in [2.45, 2.75) is 43.0 Å². The second kappa shape index (κ2) is 6.46. The van der Waals surface area contributed by atoms with Crippen molar-refractivity contribution in [1.29, 1.82) is 0 Å². The Bertz CT molecular complexity index is 539. The van der Waals surface area contributed by atoms with Gasteiger partial charge in [0.05, 0.1) is 12.7 Å². The standard InChI is InChI=1S/C16H21N3S/c1-2-7-17-9-13-10-18-19(11-13)12-15-8-14-5-3-4-6-16(14)20-15/h3-6,10-11,15,17H,2,7-9,12H2,1H3. The Morgan fingerprint density at radius 3 is 3.15 bits per heavy atom. The lowest BCUT2D eigenvalue weighted by Crippen LogP contribution is -2.14. The van der Waals surface area contributed by atoms with Crippen LogP contribution in [0.5, 0.6) is 0 Å². The summed E-state index contributed by atoms with van der Waals surface area (Å²) in [6.45, 7) is 5.17. The first-order valence-corrected chi connectivity index (χ1v) is 8.19. The number of aromatic nitrogens is 2. The van der Waals surface area contributed by atoms with Crippen LogP contribution in [0, 0.1) is 0 Å². The summed E-state index contributed by atoms with van der Waals surface area (Å²) < 4.78 is 2.09. The van der Waals surface area contributed by atoms with Gasteiger partial charge in [-0.15, -0.1) is 11.8 Å². The van der Waals surface area contributed by atoms with E-state index in [9.17, 15) is 0 Å². The molecule has 2 aromatic rings. The highest BCUT2D eigenvalue weighted by molar-refractivity contribution is 8.00. The zero-order valence-corrected chi connectivity index (χ0v) is 12.7. The first kappa shape index (κ1) is 13.7. The predicted molar refractivity (Wildman–Crippen MR) is 84.0 cm³/mol. The average Bonchev–Trinajstić information content (AvgIpc) is 3.05. The fourth-order valence-corrected chi connectivity index (χ4v) is 3.88. The smallest absolute Gasteiger partial charge is 0.0534 e. The zero-order chi connectivity index (χ0) is 13.8. The predicted octanol–water partition coefficient (Wildman–Crippen LogP) is 3.10.